The molecule has 0 unspecified atom stereocenters. The summed E-state index contributed by atoms with van der Waals surface area (Å²) in [5.74, 6) is 1.06. The molecule has 2 aromatic rings. The maximum Gasteiger partial charge on any atom is 0.166 e. The van der Waals surface area contributed by atoms with Crippen LogP contribution in [0.5, 0.6) is 11.5 Å². The molecule has 0 atom stereocenters. The minimum Gasteiger partial charge on any atom is -0.493 e. The summed E-state index contributed by atoms with van der Waals surface area (Å²) in [6, 6.07) is 12.5. The predicted octanol–water partition coefficient (Wildman–Crippen LogP) is 2.41. The average Bonchev–Trinajstić information content (AvgIpc) is 2.71. The molecule has 2 aromatic carbocycles. The normalized spacial score (nSPS) is 14.9. The van der Waals surface area contributed by atoms with Crippen LogP contribution in [0.2, 0.25) is 0 Å². The van der Waals surface area contributed by atoms with Gasteiger partial charge in [0.15, 0.2) is 11.5 Å². The number of rotatable bonds is 9. The van der Waals surface area contributed by atoms with Crippen molar-refractivity contribution < 1.29 is 13.9 Å². The SMILES string of the molecule is COc1cccc(CNCCN2CCNCC2)c1OCc1ccccc1F. The maximum atomic E-state index is 13.9. The average molecular weight is 373 g/mol. The Bertz CT molecular complexity index is 720. The predicted molar refractivity (Wildman–Crippen MR) is 105 cm³/mol. The highest BCUT2D eigenvalue weighted by Gasteiger charge is 2.13. The molecule has 1 aliphatic rings. The zero-order chi connectivity index (χ0) is 18.9. The Morgan fingerprint density at radius 3 is 2.63 bits per heavy atom. The summed E-state index contributed by atoms with van der Waals surface area (Å²) in [6.45, 7) is 7.08. The standard InChI is InChI=1S/C21H28FN3O2/c1-26-20-8-4-6-17(15-24-11-14-25-12-9-23-10-13-25)21(20)27-16-18-5-2-3-7-19(18)22/h2-8,23-24H,9-16H2,1H3. The van der Waals surface area contributed by atoms with E-state index in [1.54, 1.807) is 19.2 Å². The number of ether oxygens (including phenoxy) is 2. The van der Waals surface area contributed by atoms with Gasteiger partial charge < -0.3 is 20.1 Å². The second-order valence-electron chi connectivity index (χ2n) is 6.60. The number of piperazine rings is 1. The lowest BCUT2D eigenvalue weighted by molar-refractivity contribution is 0.240. The first-order valence-electron chi connectivity index (χ1n) is 9.44. The molecule has 3 rings (SSSR count). The van der Waals surface area contributed by atoms with E-state index in [1.807, 2.05) is 24.3 Å². The summed E-state index contributed by atoms with van der Waals surface area (Å²) in [4.78, 5) is 2.45. The van der Waals surface area contributed by atoms with E-state index in [1.165, 1.54) is 6.07 Å². The van der Waals surface area contributed by atoms with Gasteiger partial charge in [-0.05, 0) is 12.1 Å². The smallest absolute Gasteiger partial charge is 0.166 e. The van der Waals surface area contributed by atoms with Crippen LogP contribution >= 0.6 is 0 Å². The summed E-state index contributed by atoms with van der Waals surface area (Å²) in [7, 11) is 1.62. The van der Waals surface area contributed by atoms with E-state index in [9.17, 15) is 4.39 Å². The van der Waals surface area contributed by atoms with Gasteiger partial charge in [0.05, 0.1) is 7.11 Å². The summed E-state index contributed by atoms with van der Waals surface area (Å²) in [5.41, 5.74) is 1.53. The fraction of sp³-hybridized carbons (Fsp3) is 0.429. The van der Waals surface area contributed by atoms with Crippen molar-refractivity contribution in [2.45, 2.75) is 13.2 Å². The van der Waals surface area contributed by atoms with Crippen molar-refractivity contribution in [2.75, 3.05) is 46.4 Å². The Balaban J connectivity index is 1.58. The number of nitrogens with one attached hydrogen (secondary N) is 2. The van der Waals surface area contributed by atoms with Crippen LogP contribution in [0.4, 0.5) is 4.39 Å². The Hall–Kier alpha value is -2.15. The van der Waals surface area contributed by atoms with Gasteiger partial charge in [-0.3, -0.25) is 4.90 Å². The lowest BCUT2D eigenvalue weighted by atomic mass is 10.1. The van der Waals surface area contributed by atoms with Gasteiger partial charge in [0, 0.05) is 56.9 Å². The fourth-order valence-electron chi connectivity index (χ4n) is 3.19. The van der Waals surface area contributed by atoms with E-state index in [0.29, 0.717) is 23.6 Å². The van der Waals surface area contributed by atoms with E-state index >= 15 is 0 Å². The van der Waals surface area contributed by atoms with E-state index < -0.39 is 0 Å². The summed E-state index contributed by atoms with van der Waals surface area (Å²) in [6.07, 6.45) is 0. The van der Waals surface area contributed by atoms with Crippen LogP contribution < -0.4 is 20.1 Å². The molecule has 27 heavy (non-hydrogen) atoms. The molecule has 1 fully saturated rings. The summed E-state index contributed by atoms with van der Waals surface area (Å²) in [5, 5.41) is 6.84. The molecule has 1 heterocycles. The zero-order valence-electron chi connectivity index (χ0n) is 15.8. The van der Waals surface area contributed by atoms with E-state index in [4.69, 9.17) is 9.47 Å². The molecule has 6 heteroatoms. The number of benzene rings is 2. The molecule has 0 amide bonds. The van der Waals surface area contributed by atoms with Gasteiger partial charge in [0.25, 0.3) is 0 Å². The van der Waals surface area contributed by atoms with Gasteiger partial charge in [-0.25, -0.2) is 4.39 Å². The summed E-state index contributed by atoms with van der Waals surface area (Å²) < 4.78 is 25.3. The third-order valence-electron chi connectivity index (χ3n) is 4.74. The first-order chi connectivity index (χ1) is 13.3. The molecule has 0 aliphatic carbocycles. The van der Waals surface area contributed by atoms with Crippen LogP contribution in [0.1, 0.15) is 11.1 Å². The van der Waals surface area contributed by atoms with Crippen LogP contribution in [0.15, 0.2) is 42.5 Å². The molecule has 0 spiro atoms. The van der Waals surface area contributed by atoms with Crippen LogP contribution in [-0.4, -0.2) is 51.3 Å². The quantitative estimate of drug-likeness (QED) is 0.661. The van der Waals surface area contributed by atoms with Crippen molar-refractivity contribution in [1.82, 2.24) is 15.5 Å². The van der Waals surface area contributed by atoms with Gasteiger partial charge in [-0.1, -0.05) is 30.3 Å². The number of para-hydroxylation sites is 1. The van der Waals surface area contributed by atoms with Crippen molar-refractivity contribution in [1.29, 1.82) is 0 Å². The van der Waals surface area contributed by atoms with E-state index in [0.717, 1.165) is 44.8 Å². The number of hydrogen-bond donors (Lipinski definition) is 2. The Labute approximate surface area is 160 Å². The van der Waals surface area contributed by atoms with Crippen LogP contribution in [-0.2, 0) is 13.2 Å². The molecular weight excluding hydrogens is 345 g/mol. The number of hydrogen-bond acceptors (Lipinski definition) is 5. The van der Waals surface area contributed by atoms with Gasteiger partial charge in [-0.2, -0.15) is 0 Å². The third-order valence-corrected chi connectivity index (χ3v) is 4.74. The van der Waals surface area contributed by atoms with Crippen LogP contribution in [0, 0.1) is 5.82 Å². The largest absolute Gasteiger partial charge is 0.493 e. The van der Waals surface area contributed by atoms with E-state index in [-0.39, 0.29) is 12.4 Å². The highest BCUT2D eigenvalue weighted by molar-refractivity contribution is 5.46. The van der Waals surface area contributed by atoms with Crippen LogP contribution in [0.25, 0.3) is 0 Å². The third kappa shape index (κ3) is 5.66. The molecule has 0 bridgehead atoms. The van der Waals surface area contributed by atoms with E-state index in [2.05, 4.69) is 15.5 Å². The molecule has 5 nitrogen and oxygen atoms in total. The van der Waals surface area contributed by atoms with Gasteiger partial charge >= 0.3 is 0 Å². The lowest BCUT2D eigenvalue weighted by Crippen LogP contribution is -2.45. The van der Waals surface area contributed by atoms with Crippen molar-refractivity contribution in [3.63, 3.8) is 0 Å². The first kappa shape index (κ1) is 19.6. The highest BCUT2D eigenvalue weighted by atomic mass is 19.1. The molecule has 1 aliphatic heterocycles. The zero-order valence-corrected chi connectivity index (χ0v) is 15.8. The Morgan fingerprint density at radius 1 is 1.07 bits per heavy atom. The monoisotopic (exact) mass is 373 g/mol. The Kier molecular flexibility index (Phi) is 7.45. The van der Waals surface area contributed by atoms with Crippen molar-refractivity contribution >= 4 is 0 Å². The van der Waals surface area contributed by atoms with Crippen molar-refractivity contribution in [2.24, 2.45) is 0 Å². The number of halogens is 1. The first-order valence-corrected chi connectivity index (χ1v) is 9.44. The molecule has 2 N–H and O–H groups in total. The lowest BCUT2D eigenvalue weighted by Gasteiger charge is -2.27. The molecule has 0 radical (unpaired) electrons. The van der Waals surface area contributed by atoms with Crippen molar-refractivity contribution in [3.05, 3.63) is 59.4 Å². The van der Waals surface area contributed by atoms with Gasteiger partial charge in [0.2, 0.25) is 0 Å². The Morgan fingerprint density at radius 2 is 1.85 bits per heavy atom. The van der Waals surface area contributed by atoms with Gasteiger partial charge in [-0.15, -0.1) is 0 Å². The minimum atomic E-state index is -0.261. The van der Waals surface area contributed by atoms with Crippen LogP contribution in [0.3, 0.4) is 0 Å². The second-order valence-corrected chi connectivity index (χ2v) is 6.60. The molecule has 146 valence electrons. The molecule has 0 aromatic heterocycles. The highest BCUT2D eigenvalue weighted by Crippen LogP contribution is 2.32. The number of methoxy groups -OCH3 is 1. The number of nitrogens with zero attached hydrogens (tertiary/aromatic N) is 1. The minimum absolute atomic E-state index is 0.167. The second kappa shape index (κ2) is 10.3. The molecular formula is C21H28FN3O2. The van der Waals surface area contributed by atoms with Crippen molar-refractivity contribution in [3.8, 4) is 11.5 Å². The fourth-order valence-corrected chi connectivity index (χ4v) is 3.19. The maximum absolute atomic E-state index is 13.9. The van der Waals surface area contributed by atoms with Gasteiger partial charge in [0.1, 0.15) is 12.4 Å². The molecule has 1 saturated heterocycles. The summed E-state index contributed by atoms with van der Waals surface area (Å²) >= 11 is 0. The molecule has 0 saturated carbocycles. The topological polar surface area (TPSA) is 45.8 Å².